The minimum Gasteiger partial charge on any atom is -0.426 e. The fourth-order valence-electron chi connectivity index (χ4n) is 2.71. The van der Waals surface area contributed by atoms with Gasteiger partial charge in [0.15, 0.2) is 0 Å². The molecule has 136 valence electrons. The van der Waals surface area contributed by atoms with Gasteiger partial charge in [-0.25, -0.2) is 0 Å². The lowest BCUT2D eigenvalue weighted by Gasteiger charge is -2.30. The van der Waals surface area contributed by atoms with Gasteiger partial charge in [-0.05, 0) is 23.0 Å². The fourth-order valence-corrected chi connectivity index (χ4v) is 2.71. The van der Waals surface area contributed by atoms with Crippen LogP contribution >= 0.6 is 0 Å². The van der Waals surface area contributed by atoms with Gasteiger partial charge in [0.1, 0.15) is 11.6 Å². The summed E-state index contributed by atoms with van der Waals surface area (Å²) in [5.41, 5.74) is 2.61. The molecular weight excluding hydrogens is 314 g/mol. The Morgan fingerprint density at radius 3 is 1.96 bits per heavy atom. The van der Waals surface area contributed by atoms with Gasteiger partial charge in [0.2, 0.25) is 0 Å². The van der Waals surface area contributed by atoms with E-state index >= 15 is 0 Å². The van der Waals surface area contributed by atoms with E-state index in [2.05, 4.69) is 64.1 Å². The number of aromatic nitrogens is 2. The Morgan fingerprint density at radius 1 is 1.08 bits per heavy atom. The average molecular weight is 343 g/mol. The maximum Gasteiger partial charge on any atom is 0.308 e. The number of nitrogens with one attached hydrogen (secondary N) is 1. The predicted octanol–water partition coefficient (Wildman–Crippen LogP) is 4.68. The third kappa shape index (κ3) is 4.41. The van der Waals surface area contributed by atoms with Gasteiger partial charge in [0.05, 0.1) is 6.20 Å². The molecule has 0 atom stereocenters. The van der Waals surface area contributed by atoms with Crippen molar-refractivity contribution in [1.82, 2.24) is 9.78 Å². The molecule has 25 heavy (non-hydrogen) atoms. The van der Waals surface area contributed by atoms with Gasteiger partial charge in [0.25, 0.3) is 0 Å². The standard InChI is InChI=1S/C20H29N3O2/c1-13(24)25-18-15(19(2,3)4)11-14(12-16(18)20(5,6)7)22-17-9-10-21-23(17)8/h9-12,22H,1-8H3. The molecule has 0 saturated carbocycles. The first-order valence-electron chi connectivity index (χ1n) is 8.52. The van der Waals surface area contributed by atoms with Gasteiger partial charge in [-0.15, -0.1) is 0 Å². The molecule has 2 aromatic rings. The molecule has 0 fully saturated rings. The molecule has 0 bridgehead atoms. The first-order valence-corrected chi connectivity index (χ1v) is 8.52. The second kappa shape index (κ2) is 6.54. The van der Waals surface area contributed by atoms with Crippen molar-refractivity contribution in [2.75, 3.05) is 5.32 Å². The molecule has 5 heteroatoms. The normalized spacial score (nSPS) is 12.2. The fraction of sp³-hybridized carbons (Fsp3) is 0.500. The third-order valence-corrected chi connectivity index (χ3v) is 4.04. The quantitative estimate of drug-likeness (QED) is 0.649. The number of benzene rings is 1. The molecular formula is C20H29N3O2. The Kier molecular flexibility index (Phi) is 4.98. The summed E-state index contributed by atoms with van der Waals surface area (Å²) in [6.07, 6.45) is 1.75. The lowest BCUT2D eigenvalue weighted by atomic mass is 9.79. The largest absolute Gasteiger partial charge is 0.426 e. The molecule has 0 aliphatic heterocycles. The van der Waals surface area contributed by atoms with Gasteiger partial charge in [-0.3, -0.25) is 9.48 Å². The summed E-state index contributed by atoms with van der Waals surface area (Å²) in [6.45, 7) is 14.2. The summed E-state index contributed by atoms with van der Waals surface area (Å²) in [5, 5.41) is 7.61. The Balaban J connectivity index is 2.67. The second-order valence-electron chi connectivity index (χ2n) is 8.46. The number of hydrogen-bond acceptors (Lipinski definition) is 4. The predicted molar refractivity (Wildman–Crippen MR) is 102 cm³/mol. The van der Waals surface area contributed by atoms with Crippen LogP contribution in [0.3, 0.4) is 0 Å². The van der Waals surface area contributed by atoms with Gasteiger partial charge < -0.3 is 10.1 Å². The van der Waals surface area contributed by atoms with Crippen LogP contribution in [0.5, 0.6) is 5.75 Å². The number of esters is 1. The number of carbonyl (C=O) groups is 1. The first kappa shape index (κ1) is 19.0. The Morgan fingerprint density at radius 2 is 1.60 bits per heavy atom. The number of hydrogen-bond donors (Lipinski definition) is 1. The Hall–Kier alpha value is -2.30. The highest BCUT2D eigenvalue weighted by molar-refractivity contribution is 5.73. The SMILES string of the molecule is CC(=O)Oc1c(C(C)(C)C)cc(Nc2ccnn2C)cc1C(C)(C)C. The molecule has 2 rings (SSSR count). The van der Waals surface area contributed by atoms with E-state index in [4.69, 9.17) is 4.74 Å². The number of carbonyl (C=O) groups excluding carboxylic acids is 1. The van der Waals surface area contributed by atoms with E-state index in [9.17, 15) is 4.79 Å². The number of aryl methyl sites for hydroxylation is 1. The van der Waals surface area contributed by atoms with Crippen LogP contribution in [0.15, 0.2) is 24.4 Å². The summed E-state index contributed by atoms with van der Waals surface area (Å²) in [5.74, 6) is 1.27. The van der Waals surface area contributed by atoms with Gasteiger partial charge in [0, 0.05) is 36.9 Å². The van der Waals surface area contributed by atoms with E-state index < -0.39 is 0 Å². The van der Waals surface area contributed by atoms with Crippen LogP contribution < -0.4 is 10.1 Å². The van der Waals surface area contributed by atoms with Crippen LogP contribution in [0.1, 0.15) is 59.6 Å². The van der Waals surface area contributed by atoms with Gasteiger partial charge in [-0.1, -0.05) is 41.5 Å². The number of anilines is 2. The third-order valence-electron chi connectivity index (χ3n) is 4.04. The summed E-state index contributed by atoms with van der Waals surface area (Å²) < 4.78 is 7.44. The highest BCUT2D eigenvalue weighted by Crippen LogP contribution is 2.42. The molecule has 0 spiro atoms. The molecule has 0 aliphatic rings. The first-order chi connectivity index (χ1) is 11.4. The summed E-state index contributed by atoms with van der Waals surface area (Å²) in [7, 11) is 1.89. The van der Waals surface area contributed by atoms with Crippen molar-refractivity contribution in [1.29, 1.82) is 0 Å². The Labute approximate surface area is 150 Å². The Bertz CT molecular complexity index is 742. The summed E-state index contributed by atoms with van der Waals surface area (Å²) in [6, 6.07) is 6.04. The average Bonchev–Trinajstić information content (AvgIpc) is 2.82. The lowest BCUT2D eigenvalue weighted by Crippen LogP contribution is -2.21. The van der Waals surface area contributed by atoms with Crippen LogP contribution in [-0.4, -0.2) is 15.7 Å². The number of ether oxygens (including phenoxy) is 1. The zero-order valence-corrected chi connectivity index (χ0v) is 16.5. The molecule has 0 radical (unpaired) electrons. The maximum atomic E-state index is 11.7. The van der Waals surface area contributed by atoms with E-state index in [-0.39, 0.29) is 16.8 Å². The monoisotopic (exact) mass is 343 g/mol. The van der Waals surface area contributed by atoms with Crippen molar-refractivity contribution in [2.24, 2.45) is 7.05 Å². The van der Waals surface area contributed by atoms with E-state index in [0.717, 1.165) is 22.6 Å². The van der Waals surface area contributed by atoms with Gasteiger partial charge >= 0.3 is 5.97 Å². The van der Waals surface area contributed by atoms with Crippen molar-refractivity contribution in [3.8, 4) is 5.75 Å². The number of nitrogens with zero attached hydrogens (tertiary/aromatic N) is 2. The molecule has 1 aromatic carbocycles. The highest BCUT2D eigenvalue weighted by atomic mass is 16.5. The van der Waals surface area contributed by atoms with Crippen LogP contribution in [0.4, 0.5) is 11.5 Å². The smallest absolute Gasteiger partial charge is 0.308 e. The zero-order valence-electron chi connectivity index (χ0n) is 16.5. The van der Waals surface area contributed by atoms with E-state index in [1.54, 1.807) is 10.9 Å². The van der Waals surface area contributed by atoms with Gasteiger partial charge in [-0.2, -0.15) is 5.10 Å². The summed E-state index contributed by atoms with van der Waals surface area (Å²) >= 11 is 0. The van der Waals surface area contributed by atoms with E-state index in [0.29, 0.717) is 5.75 Å². The maximum absolute atomic E-state index is 11.7. The second-order valence-corrected chi connectivity index (χ2v) is 8.46. The highest BCUT2D eigenvalue weighted by Gasteiger charge is 2.29. The molecule has 5 nitrogen and oxygen atoms in total. The van der Waals surface area contributed by atoms with Crippen molar-refractivity contribution in [3.05, 3.63) is 35.5 Å². The van der Waals surface area contributed by atoms with Crippen LogP contribution in [0.25, 0.3) is 0 Å². The minimum absolute atomic E-state index is 0.172. The van der Waals surface area contributed by atoms with Crippen LogP contribution in [0, 0.1) is 0 Å². The molecule has 0 saturated heterocycles. The van der Waals surface area contributed by atoms with Crippen molar-refractivity contribution < 1.29 is 9.53 Å². The topological polar surface area (TPSA) is 56.1 Å². The minimum atomic E-state index is -0.302. The summed E-state index contributed by atoms with van der Waals surface area (Å²) in [4.78, 5) is 11.7. The van der Waals surface area contributed by atoms with Crippen molar-refractivity contribution in [2.45, 2.75) is 59.3 Å². The van der Waals surface area contributed by atoms with E-state index in [1.165, 1.54) is 6.92 Å². The van der Waals surface area contributed by atoms with E-state index in [1.807, 2.05) is 13.1 Å². The molecule has 1 aromatic heterocycles. The molecule has 0 unspecified atom stereocenters. The zero-order chi connectivity index (χ0) is 19.0. The molecule has 0 amide bonds. The van der Waals surface area contributed by atoms with Crippen LogP contribution in [-0.2, 0) is 22.7 Å². The van der Waals surface area contributed by atoms with Crippen LogP contribution in [0.2, 0.25) is 0 Å². The van der Waals surface area contributed by atoms with Crippen molar-refractivity contribution in [3.63, 3.8) is 0 Å². The van der Waals surface area contributed by atoms with Crippen molar-refractivity contribution >= 4 is 17.5 Å². The molecule has 1 heterocycles. The lowest BCUT2D eigenvalue weighted by molar-refractivity contribution is -0.132. The number of rotatable bonds is 3. The molecule has 1 N–H and O–H groups in total. The molecule has 0 aliphatic carbocycles.